The Hall–Kier alpha value is -3.67. The number of halogens is 1. The first-order valence-electron chi connectivity index (χ1n) is 11.1. The Morgan fingerprint density at radius 1 is 1.06 bits per heavy atom. The number of piperidine rings is 1. The number of ether oxygens (including phenoxy) is 1. The van der Waals surface area contributed by atoms with E-state index in [9.17, 15) is 14.0 Å². The number of amides is 2. The van der Waals surface area contributed by atoms with Crippen LogP contribution in [0.5, 0.6) is 5.75 Å². The Morgan fingerprint density at radius 3 is 2.61 bits per heavy atom. The fraction of sp³-hybridized carbons (Fsp3) is 0.259. The van der Waals surface area contributed by atoms with E-state index < -0.39 is 11.7 Å². The minimum absolute atomic E-state index is 0.0362. The van der Waals surface area contributed by atoms with Gasteiger partial charge < -0.3 is 15.0 Å². The fourth-order valence-corrected chi connectivity index (χ4v) is 4.02. The molecule has 0 saturated carbocycles. The van der Waals surface area contributed by atoms with Crippen LogP contribution in [0.15, 0.2) is 72.8 Å². The van der Waals surface area contributed by atoms with Gasteiger partial charge in [0, 0.05) is 30.3 Å². The summed E-state index contributed by atoms with van der Waals surface area (Å²) in [6, 6.07) is 20.7. The highest BCUT2D eigenvalue weighted by Crippen LogP contribution is 2.23. The highest BCUT2D eigenvalue weighted by Gasteiger charge is 2.25. The molecular weight excluding hydrogens is 419 g/mol. The SMILES string of the molecule is Cc1ccc(C(=O)N2CCCC(COc3ccccc3)C2)cc1NC(=O)c1ccccc1F. The first-order chi connectivity index (χ1) is 16.0. The highest BCUT2D eigenvalue weighted by molar-refractivity contribution is 6.05. The molecule has 0 bridgehead atoms. The first kappa shape index (κ1) is 22.5. The van der Waals surface area contributed by atoms with Gasteiger partial charge in [-0.3, -0.25) is 9.59 Å². The summed E-state index contributed by atoms with van der Waals surface area (Å²) >= 11 is 0. The molecule has 1 N–H and O–H groups in total. The lowest BCUT2D eigenvalue weighted by Crippen LogP contribution is -2.41. The second-order valence-corrected chi connectivity index (χ2v) is 8.35. The van der Waals surface area contributed by atoms with Crippen molar-refractivity contribution in [2.45, 2.75) is 19.8 Å². The number of para-hydroxylation sites is 1. The topological polar surface area (TPSA) is 58.6 Å². The van der Waals surface area contributed by atoms with Crippen molar-refractivity contribution < 1.29 is 18.7 Å². The minimum atomic E-state index is -0.586. The van der Waals surface area contributed by atoms with Crippen LogP contribution in [0, 0.1) is 18.7 Å². The maximum Gasteiger partial charge on any atom is 0.258 e. The van der Waals surface area contributed by atoms with Gasteiger partial charge >= 0.3 is 0 Å². The predicted octanol–water partition coefficient (Wildman–Crippen LogP) is 5.32. The molecule has 1 aliphatic rings. The van der Waals surface area contributed by atoms with Crippen LogP contribution in [-0.4, -0.2) is 36.4 Å². The Kier molecular flexibility index (Phi) is 7.03. The van der Waals surface area contributed by atoms with Crippen molar-refractivity contribution in [3.05, 3.63) is 95.3 Å². The molecule has 3 aromatic carbocycles. The number of carbonyl (C=O) groups excluding carboxylic acids is 2. The molecule has 5 nitrogen and oxygen atoms in total. The van der Waals surface area contributed by atoms with Gasteiger partial charge in [-0.2, -0.15) is 0 Å². The summed E-state index contributed by atoms with van der Waals surface area (Å²) < 4.78 is 19.9. The zero-order valence-electron chi connectivity index (χ0n) is 18.6. The van der Waals surface area contributed by atoms with Gasteiger partial charge in [0.1, 0.15) is 11.6 Å². The van der Waals surface area contributed by atoms with Crippen LogP contribution in [0.4, 0.5) is 10.1 Å². The number of rotatable bonds is 6. The van der Waals surface area contributed by atoms with Crippen LogP contribution < -0.4 is 10.1 Å². The number of aryl methyl sites for hydroxylation is 1. The molecule has 33 heavy (non-hydrogen) atoms. The molecule has 1 atom stereocenters. The minimum Gasteiger partial charge on any atom is -0.493 e. The van der Waals surface area contributed by atoms with Gasteiger partial charge in [0.05, 0.1) is 12.2 Å². The Balaban J connectivity index is 1.42. The zero-order valence-corrected chi connectivity index (χ0v) is 18.6. The lowest BCUT2D eigenvalue weighted by atomic mass is 9.98. The van der Waals surface area contributed by atoms with E-state index in [0.717, 1.165) is 24.2 Å². The molecule has 2 amide bonds. The third-order valence-corrected chi connectivity index (χ3v) is 5.89. The summed E-state index contributed by atoms with van der Waals surface area (Å²) in [5.41, 5.74) is 1.75. The number of hydrogen-bond donors (Lipinski definition) is 1. The standard InChI is InChI=1S/C27H27FN2O3/c1-19-13-14-21(16-25(19)29-26(31)23-11-5-6-12-24(23)28)27(32)30-15-7-8-20(17-30)18-33-22-9-3-2-4-10-22/h2-6,9-14,16,20H,7-8,15,17-18H2,1H3,(H,29,31). The van der Waals surface area contributed by atoms with Crippen LogP contribution in [0.2, 0.25) is 0 Å². The summed E-state index contributed by atoms with van der Waals surface area (Å²) in [5, 5.41) is 2.74. The van der Waals surface area contributed by atoms with Crippen molar-refractivity contribution in [2.75, 3.05) is 25.0 Å². The molecule has 6 heteroatoms. The van der Waals surface area contributed by atoms with E-state index in [1.807, 2.05) is 42.2 Å². The molecule has 1 unspecified atom stereocenters. The van der Waals surface area contributed by atoms with Gasteiger partial charge in [-0.15, -0.1) is 0 Å². The molecule has 3 aromatic rings. The van der Waals surface area contributed by atoms with E-state index in [1.54, 1.807) is 24.3 Å². The predicted molar refractivity (Wildman–Crippen MR) is 126 cm³/mol. The number of nitrogens with zero attached hydrogens (tertiary/aromatic N) is 1. The fourth-order valence-electron chi connectivity index (χ4n) is 4.02. The lowest BCUT2D eigenvalue weighted by Gasteiger charge is -2.33. The summed E-state index contributed by atoms with van der Waals surface area (Å²) in [5.74, 6) is -0.127. The molecule has 170 valence electrons. The van der Waals surface area contributed by atoms with E-state index in [4.69, 9.17) is 4.74 Å². The van der Waals surface area contributed by atoms with Crippen LogP contribution in [-0.2, 0) is 0 Å². The molecule has 4 rings (SSSR count). The zero-order chi connectivity index (χ0) is 23.2. The highest BCUT2D eigenvalue weighted by atomic mass is 19.1. The normalized spacial score (nSPS) is 15.7. The molecule has 1 aliphatic heterocycles. The molecule has 0 spiro atoms. The van der Waals surface area contributed by atoms with Gasteiger partial charge in [0.25, 0.3) is 11.8 Å². The van der Waals surface area contributed by atoms with Gasteiger partial charge in [-0.1, -0.05) is 36.4 Å². The van der Waals surface area contributed by atoms with Crippen molar-refractivity contribution in [2.24, 2.45) is 5.92 Å². The van der Waals surface area contributed by atoms with E-state index in [-0.39, 0.29) is 17.4 Å². The lowest BCUT2D eigenvalue weighted by molar-refractivity contribution is 0.0633. The summed E-state index contributed by atoms with van der Waals surface area (Å²) in [4.78, 5) is 27.6. The van der Waals surface area contributed by atoms with E-state index in [1.165, 1.54) is 18.2 Å². The van der Waals surface area contributed by atoms with Gasteiger partial charge in [-0.05, 0) is 61.7 Å². The summed E-state index contributed by atoms with van der Waals surface area (Å²) in [6.45, 7) is 3.70. The number of carbonyl (C=O) groups is 2. The second-order valence-electron chi connectivity index (χ2n) is 8.35. The van der Waals surface area contributed by atoms with Crippen molar-refractivity contribution in [3.8, 4) is 5.75 Å². The van der Waals surface area contributed by atoms with Crippen molar-refractivity contribution in [1.82, 2.24) is 4.90 Å². The van der Waals surface area contributed by atoms with E-state index in [0.29, 0.717) is 30.9 Å². The largest absolute Gasteiger partial charge is 0.493 e. The van der Waals surface area contributed by atoms with Gasteiger partial charge in [-0.25, -0.2) is 4.39 Å². The number of nitrogens with one attached hydrogen (secondary N) is 1. The van der Waals surface area contributed by atoms with Crippen molar-refractivity contribution >= 4 is 17.5 Å². The number of hydrogen-bond acceptors (Lipinski definition) is 3. The molecule has 0 radical (unpaired) electrons. The third-order valence-electron chi connectivity index (χ3n) is 5.89. The van der Waals surface area contributed by atoms with Gasteiger partial charge in [0.15, 0.2) is 0 Å². The average molecular weight is 447 g/mol. The Bertz CT molecular complexity index is 1130. The number of anilines is 1. The third kappa shape index (κ3) is 5.58. The Labute approximate surface area is 193 Å². The van der Waals surface area contributed by atoms with Crippen LogP contribution >= 0.6 is 0 Å². The van der Waals surface area contributed by atoms with Crippen LogP contribution in [0.25, 0.3) is 0 Å². The first-order valence-corrected chi connectivity index (χ1v) is 11.1. The molecule has 1 heterocycles. The second kappa shape index (κ2) is 10.3. The molecule has 0 aromatic heterocycles. The monoisotopic (exact) mass is 446 g/mol. The molecule has 1 saturated heterocycles. The summed E-state index contributed by atoms with van der Waals surface area (Å²) in [6.07, 6.45) is 1.92. The number of benzene rings is 3. The van der Waals surface area contributed by atoms with E-state index in [2.05, 4.69) is 5.32 Å². The quantitative estimate of drug-likeness (QED) is 0.558. The smallest absolute Gasteiger partial charge is 0.258 e. The van der Waals surface area contributed by atoms with Crippen molar-refractivity contribution in [3.63, 3.8) is 0 Å². The van der Waals surface area contributed by atoms with Gasteiger partial charge in [0.2, 0.25) is 0 Å². The van der Waals surface area contributed by atoms with E-state index >= 15 is 0 Å². The van der Waals surface area contributed by atoms with Crippen LogP contribution in [0.3, 0.4) is 0 Å². The molecule has 0 aliphatic carbocycles. The van der Waals surface area contributed by atoms with Crippen molar-refractivity contribution in [1.29, 1.82) is 0 Å². The molecule has 1 fully saturated rings. The average Bonchev–Trinajstić information content (AvgIpc) is 2.84. The Morgan fingerprint density at radius 2 is 1.82 bits per heavy atom. The molecular formula is C27H27FN2O3. The maximum atomic E-state index is 14.0. The maximum absolute atomic E-state index is 14.0. The number of likely N-dealkylation sites (tertiary alicyclic amines) is 1. The van der Waals surface area contributed by atoms with Crippen LogP contribution in [0.1, 0.15) is 39.1 Å². The summed E-state index contributed by atoms with van der Waals surface area (Å²) in [7, 11) is 0.